The van der Waals surface area contributed by atoms with Crippen molar-refractivity contribution in [1.29, 1.82) is 0 Å². The summed E-state index contributed by atoms with van der Waals surface area (Å²) >= 11 is 0. The molecule has 2 atom stereocenters. The van der Waals surface area contributed by atoms with Gasteiger partial charge in [0.15, 0.2) is 11.2 Å². The Kier molecular flexibility index (Phi) is 12.5. The molecule has 0 bridgehead atoms. The van der Waals surface area contributed by atoms with Gasteiger partial charge in [0.05, 0.1) is 24.3 Å². The highest BCUT2D eigenvalue weighted by molar-refractivity contribution is 5.94. The molecule has 2 amide bonds. The minimum Gasteiger partial charge on any atom is -0.411 e. The van der Waals surface area contributed by atoms with Crippen molar-refractivity contribution in [3.63, 3.8) is 0 Å². The van der Waals surface area contributed by atoms with Gasteiger partial charge in [0, 0.05) is 22.5 Å². The van der Waals surface area contributed by atoms with Crippen LogP contribution in [0.2, 0.25) is 0 Å². The summed E-state index contributed by atoms with van der Waals surface area (Å²) in [4.78, 5) is 57.9. The normalized spacial score (nSPS) is 19.1. The Morgan fingerprint density at radius 1 is 0.604 bits per heavy atom. The molecule has 0 spiro atoms. The van der Waals surface area contributed by atoms with Crippen molar-refractivity contribution in [3.05, 3.63) is 58.7 Å². The zero-order valence-electron chi connectivity index (χ0n) is 32.2. The first-order valence-corrected chi connectivity index (χ1v) is 18.1. The van der Waals surface area contributed by atoms with E-state index in [4.69, 9.17) is 9.47 Å². The fraction of sp³-hybridized carbons (Fsp3) is 0.590. The number of hydrogen-bond acceptors (Lipinski definition) is 12. The average Bonchev–Trinajstić information content (AvgIpc) is 3.76. The maximum Gasteiger partial charge on any atom is 0.344 e. The van der Waals surface area contributed by atoms with E-state index in [1.165, 1.54) is 52.0 Å². The van der Waals surface area contributed by atoms with E-state index in [9.17, 15) is 39.6 Å². The van der Waals surface area contributed by atoms with Crippen molar-refractivity contribution < 1.29 is 49.1 Å². The van der Waals surface area contributed by atoms with Crippen LogP contribution in [0.25, 0.3) is 0 Å². The highest BCUT2D eigenvalue weighted by Crippen LogP contribution is 2.42. The Morgan fingerprint density at radius 3 is 1.21 bits per heavy atom. The van der Waals surface area contributed by atoms with Crippen LogP contribution in [-0.4, -0.2) is 116 Å². The second-order valence-corrected chi connectivity index (χ2v) is 15.8. The van der Waals surface area contributed by atoms with Crippen LogP contribution in [0.4, 0.5) is 11.4 Å². The molecule has 6 N–H and O–H groups in total. The van der Waals surface area contributed by atoms with Gasteiger partial charge in [-0.2, -0.15) is 0 Å². The van der Waals surface area contributed by atoms with E-state index in [2.05, 4.69) is 10.6 Å². The Morgan fingerprint density at radius 2 is 0.925 bits per heavy atom. The van der Waals surface area contributed by atoms with Crippen LogP contribution in [0.1, 0.15) is 89.5 Å². The third-order valence-electron chi connectivity index (χ3n) is 10.5. The number of likely N-dealkylation sites (tertiary alicyclic amines) is 2. The van der Waals surface area contributed by atoms with Gasteiger partial charge in [0.2, 0.25) is 11.8 Å². The number of nitrogens with one attached hydrogen (secondary N) is 2. The van der Waals surface area contributed by atoms with E-state index in [0.29, 0.717) is 22.5 Å². The van der Waals surface area contributed by atoms with Crippen LogP contribution in [0.3, 0.4) is 0 Å². The molecule has 2 unspecified atom stereocenters. The van der Waals surface area contributed by atoms with Gasteiger partial charge in [-0.05, 0) is 155 Å². The molecule has 0 radical (unpaired) electrons. The fourth-order valence-corrected chi connectivity index (χ4v) is 6.07. The lowest BCUT2D eigenvalue weighted by Crippen LogP contribution is -2.59. The second-order valence-electron chi connectivity index (χ2n) is 15.8. The minimum atomic E-state index is -2.57. The van der Waals surface area contributed by atoms with E-state index >= 15 is 0 Å². The molecule has 292 valence electrons. The zero-order chi connectivity index (χ0) is 39.6. The molecule has 2 aromatic carbocycles. The van der Waals surface area contributed by atoms with Crippen LogP contribution >= 0.6 is 0 Å². The number of aryl methyl sites for hydroxylation is 2. The number of amides is 2. The van der Waals surface area contributed by atoms with E-state index in [0.717, 1.165) is 65.7 Å². The van der Waals surface area contributed by atoms with Gasteiger partial charge < -0.3 is 40.5 Å². The number of benzene rings is 2. The molecule has 0 aromatic heterocycles. The van der Waals surface area contributed by atoms with Gasteiger partial charge in [0.1, 0.15) is 0 Å². The molecule has 2 aromatic rings. The number of esters is 2. The first-order chi connectivity index (χ1) is 24.5. The van der Waals surface area contributed by atoms with Crippen LogP contribution in [0.5, 0.6) is 0 Å². The number of carbonyl (C=O) groups is 4. The molecule has 2 aliphatic heterocycles. The highest BCUT2D eigenvalue weighted by Gasteiger charge is 2.55. The number of anilines is 2. The molecule has 14 heteroatoms. The number of aliphatic hydroxyl groups is 4. The molecule has 53 heavy (non-hydrogen) atoms. The summed E-state index contributed by atoms with van der Waals surface area (Å²) in [5, 5.41) is 49.9. The van der Waals surface area contributed by atoms with Gasteiger partial charge in [-0.3, -0.25) is 19.4 Å². The lowest BCUT2D eigenvalue weighted by atomic mass is 9.86. The molecule has 2 fully saturated rings. The maximum atomic E-state index is 14.0. The van der Waals surface area contributed by atoms with Crippen molar-refractivity contribution in [3.8, 4) is 0 Å². The van der Waals surface area contributed by atoms with Gasteiger partial charge in [-0.15, -0.1) is 0 Å². The van der Waals surface area contributed by atoms with Crippen LogP contribution in [-0.2, 0) is 34.4 Å². The van der Waals surface area contributed by atoms with Crippen molar-refractivity contribution in [2.75, 3.05) is 49.9 Å². The Labute approximate surface area is 311 Å². The predicted octanol–water partition coefficient (Wildman–Crippen LogP) is 2.70. The summed E-state index contributed by atoms with van der Waals surface area (Å²) < 4.78 is 12.1. The molecule has 4 rings (SSSR count). The molecule has 14 nitrogen and oxygen atoms in total. The van der Waals surface area contributed by atoms with Gasteiger partial charge in [-0.1, -0.05) is 0 Å². The van der Waals surface area contributed by atoms with E-state index in [1.807, 2.05) is 9.80 Å². The summed E-state index contributed by atoms with van der Waals surface area (Å²) in [6, 6.07) is 9.04. The standard InChI is InChI=1S/C39H56N4O10/c1-25-21-27(13-15-29(25)40-31(44)23-42-17-9-10-18-42)39(52-33(46)37(7,50)35(3,4)48,53-34(47)38(8,51)36(5,6)49)28-14-16-30(26(2)22-28)41-32(45)24-43-19-11-12-20-43/h13-16,21-22,48-51H,9-12,17-20,23-24H2,1-8H3,(H,40,44)(H,41,45)/i1-1. The van der Waals surface area contributed by atoms with Gasteiger partial charge in [0.25, 0.3) is 0 Å². The third kappa shape index (κ3) is 9.42. The zero-order valence-corrected chi connectivity index (χ0v) is 32.2. The Bertz CT molecular complexity index is 1560. The Balaban J connectivity index is 1.86. The lowest BCUT2D eigenvalue weighted by molar-refractivity contribution is -0.253. The van der Waals surface area contributed by atoms with Crippen molar-refractivity contribution in [2.45, 2.75) is 109 Å². The number of carbonyl (C=O) groups excluding carboxylic acids is 4. The summed E-state index contributed by atoms with van der Waals surface area (Å²) in [5.74, 6) is -5.80. The summed E-state index contributed by atoms with van der Waals surface area (Å²) in [6.45, 7) is 14.0. The summed E-state index contributed by atoms with van der Waals surface area (Å²) in [5.41, 5.74) is -7.31. The molecular formula is C39H56N4O10. The third-order valence-corrected chi connectivity index (χ3v) is 10.5. The number of nitrogens with zero attached hydrogens (tertiary/aromatic N) is 2. The van der Waals surface area contributed by atoms with Crippen molar-refractivity contribution >= 4 is 35.1 Å². The maximum absolute atomic E-state index is 14.0. The van der Waals surface area contributed by atoms with E-state index < -0.39 is 40.1 Å². The molecular weight excluding hydrogens is 683 g/mol. The molecule has 2 aliphatic rings. The minimum absolute atomic E-state index is 0.0255. The van der Waals surface area contributed by atoms with E-state index in [1.54, 1.807) is 26.0 Å². The van der Waals surface area contributed by atoms with Crippen molar-refractivity contribution in [1.82, 2.24) is 9.80 Å². The molecule has 0 saturated carbocycles. The summed E-state index contributed by atoms with van der Waals surface area (Å²) in [7, 11) is 0. The smallest absolute Gasteiger partial charge is 0.344 e. The summed E-state index contributed by atoms with van der Waals surface area (Å²) in [6.07, 6.45) is 4.08. The molecule has 2 saturated heterocycles. The molecule has 0 aliphatic carbocycles. The first-order valence-electron chi connectivity index (χ1n) is 18.1. The SMILES string of the molecule is Cc1cc(C(OC(=O)C(C)(O)C(C)(C)O)(OC(=O)C(C)(O)C(C)(C)O)c2ccc(NC(=O)CN3CCCC3)c([11CH3])c2)ccc1NC(=O)CN1CCCC1. The quantitative estimate of drug-likeness (QED) is 0.123. The first kappa shape index (κ1) is 41.8. The van der Waals surface area contributed by atoms with Gasteiger partial charge in [-0.25, -0.2) is 9.59 Å². The largest absolute Gasteiger partial charge is 0.411 e. The predicted molar refractivity (Wildman–Crippen MR) is 198 cm³/mol. The van der Waals surface area contributed by atoms with Crippen LogP contribution < -0.4 is 10.6 Å². The van der Waals surface area contributed by atoms with E-state index in [-0.39, 0.29) is 36.0 Å². The number of rotatable bonds is 14. The van der Waals surface area contributed by atoms with Gasteiger partial charge >= 0.3 is 17.7 Å². The topological polar surface area (TPSA) is 198 Å². The fourth-order valence-electron chi connectivity index (χ4n) is 6.07. The van der Waals surface area contributed by atoms with Crippen LogP contribution in [0, 0.1) is 13.8 Å². The highest BCUT2D eigenvalue weighted by atomic mass is 16.7. The lowest BCUT2D eigenvalue weighted by Gasteiger charge is -2.41. The molecule has 2 heterocycles. The number of hydrogen-bond donors (Lipinski definition) is 6. The second kappa shape index (κ2) is 15.8. The average molecular weight is 740 g/mol. The Hall–Kier alpha value is -3.92. The van der Waals surface area contributed by atoms with Crippen molar-refractivity contribution in [2.24, 2.45) is 0 Å². The monoisotopic (exact) mass is 739 g/mol. The van der Waals surface area contributed by atoms with Crippen LogP contribution in [0.15, 0.2) is 36.4 Å². The number of ether oxygens (including phenoxy) is 2.